The van der Waals surface area contributed by atoms with Gasteiger partial charge in [0.05, 0.1) is 12.3 Å². The first-order valence-corrected chi connectivity index (χ1v) is 8.00. The summed E-state index contributed by atoms with van der Waals surface area (Å²) in [4.78, 5) is 13.7. The Kier molecular flexibility index (Phi) is 4.74. The van der Waals surface area contributed by atoms with Crippen LogP contribution in [0.2, 0.25) is 0 Å². The van der Waals surface area contributed by atoms with Gasteiger partial charge in [0.1, 0.15) is 0 Å². The minimum absolute atomic E-state index is 0.0840. The van der Waals surface area contributed by atoms with E-state index in [1.54, 1.807) is 11.8 Å². The van der Waals surface area contributed by atoms with E-state index in [1.807, 2.05) is 13.8 Å². The Bertz CT molecular complexity index is 408. The van der Waals surface area contributed by atoms with Crippen LogP contribution in [0.3, 0.4) is 0 Å². The van der Waals surface area contributed by atoms with Gasteiger partial charge in [-0.05, 0) is 12.8 Å². The second kappa shape index (κ2) is 5.54. The van der Waals surface area contributed by atoms with Crippen LogP contribution in [-0.2, 0) is 14.8 Å². The van der Waals surface area contributed by atoms with E-state index in [0.717, 1.165) is 0 Å². The number of hydrogen-bond acceptors (Lipinski definition) is 4. The largest absolute Gasteiger partial charge is 0.338 e. The van der Waals surface area contributed by atoms with Crippen molar-refractivity contribution in [3.8, 4) is 0 Å². The lowest BCUT2D eigenvalue weighted by Gasteiger charge is -2.39. The molecule has 2 N–H and O–H groups in total. The fourth-order valence-electron chi connectivity index (χ4n) is 2.13. The van der Waals surface area contributed by atoms with Gasteiger partial charge in [0.2, 0.25) is 15.9 Å². The molecule has 18 heavy (non-hydrogen) atoms. The molecule has 106 valence electrons. The van der Waals surface area contributed by atoms with E-state index >= 15 is 0 Å². The molecule has 1 amide bonds. The summed E-state index contributed by atoms with van der Waals surface area (Å²) in [5.41, 5.74) is 5.83. The van der Waals surface area contributed by atoms with Crippen molar-refractivity contribution >= 4 is 15.9 Å². The lowest BCUT2D eigenvalue weighted by atomic mass is 10.0. The number of sulfonamides is 1. The van der Waals surface area contributed by atoms with Gasteiger partial charge in [-0.25, -0.2) is 8.42 Å². The van der Waals surface area contributed by atoms with Crippen molar-refractivity contribution in [2.45, 2.75) is 32.9 Å². The second-order valence-electron chi connectivity index (χ2n) is 5.28. The number of rotatable bonds is 3. The smallest absolute Gasteiger partial charge is 0.239 e. The number of carbonyl (C=O) groups is 1. The molecule has 0 saturated carbocycles. The SMILES string of the molecule is CC(C)[C@H](N)C(=O)N1CCN(S(C)(=O)=O)[C@@H](C)C1. The van der Waals surface area contributed by atoms with E-state index in [4.69, 9.17) is 5.73 Å². The van der Waals surface area contributed by atoms with Gasteiger partial charge in [-0.2, -0.15) is 4.31 Å². The number of piperazine rings is 1. The highest BCUT2D eigenvalue weighted by Crippen LogP contribution is 2.15. The summed E-state index contributed by atoms with van der Waals surface area (Å²) in [6.07, 6.45) is 1.20. The normalized spacial score (nSPS) is 24.3. The molecule has 1 saturated heterocycles. The van der Waals surface area contributed by atoms with Gasteiger partial charge >= 0.3 is 0 Å². The molecule has 6 nitrogen and oxygen atoms in total. The standard InChI is InChI=1S/C11H23N3O3S/c1-8(2)10(12)11(15)13-5-6-14(9(3)7-13)18(4,16)17/h8-10H,5-7,12H2,1-4H3/t9-,10-/m0/s1. The maximum atomic E-state index is 12.1. The van der Waals surface area contributed by atoms with Crippen LogP contribution in [0.5, 0.6) is 0 Å². The van der Waals surface area contributed by atoms with E-state index in [-0.39, 0.29) is 17.9 Å². The summed E-state index contributed by atoms with van der Waals surface area (Å²) in [7, 11) is -3.20. The number of hydrogen-bond donors (Lipinski definition) is 1. The van der Waals surface area contributed by atoms with E-state index in [0.29, 0.717) is 19.6 Å². The van der Waals surface area contributed by atoms with Crippen molar-refractivity contribution in [2.24, 2.45) is 11.7 Å². The highest BCUT2D eigenvalue weighted by molar-refractivity contribution is 7.88. The highest BCUT2D eigenvalue weighted by atomic mass is 32.2. The van der Waals surface area contributed by atoms with Crippen LogP contribution >= 0.6 is 0 Å². The van der Waals surface area contributed by atoms with Gasteiger partial charge in [0.15, 0.2) is 0 Å². The van der Waals surface area contributed by atoms with Gasteiger partial charge in [-0.3, -0.25) is 4.79 Å². The predicted molar refractivity (Wildman–Crippen MR) is 70.4 cm³/mol. The Labute approximate surface area is 109 Å². The Morgan fingerprint density at radius 2 is 1.89 bits per heavy atom. The Hall–Kier alpha value is -0.660. The summed E-state index contributed by atoms with van der Waals surface area (Å²) in [6, 6.07) is -0.709. The van der Waals surface area contributed by atoms with Crippen molar-refractivity contribution in [1.82, 2.24) is 9.21 Å². The zero-order chi connectivity index (χ0) is 14.1. The third kappa shape index (κ3) is 3.43. The fraction of sp³-hybridized carbons (Fsp3) is 0.909. The molecule has 0 aliphatic carbocycles. The Morgan fingerprint density at radius 3 is 2.28 bits per heavy atom. The molecule has 0 spiro atoms. The van der Waals surface area contributed by atoms with Crippen LogP contribution in [0.25, 0.3) is 0 Å². The number of nitrogens with two attached hydrogens (primary N) is 1. The monoisotopic (exact) mass is 277 g/mol. The molecule has 0 bridgehead atoms. The number of carbonyl (C=O) groups excluding carboxylic acids is 1. The van der Waals surface area contributed by atoms with Gasteiger partial charge in [0.25, 0.3) is 0 Å². The van der Waals surface area contributed by atoms with Gasteiger partial charge in [-0.15, -0.1) is 0 Å². The van der Waals surface area contributed by atoms with Crippen molar-refractivity contribution < 1.29 is 13.2 Å². The summed E-state index contributed by atoms with van der Waals surface area (Å²) in [5, 5.41) is 0. The van der Waals surface area contributed by atoms with Crippen LogP contribution in [0, 0.1) is 5.92 Å². The first-order chi connectivity index (χ1) is 8.14. The summed E-state index contributed by atoms with van der Waals surface area (Å²) in [5.74, 6) is -0.00857. The van der Waals surface area contributed by atoms with Crippen LogP contribution in [0.4, 0.5) is 0 Å². The molecule has 0 radical (unpaired) electrons. The summed E-state index contributed by atoms with van der Waals surface area (Å²) >= 11 is 0. The lowest BCUT2D eigenvalue weighted by Crippen LogP contribution is -2.58. The quantitative estimate of drug-likeness (QED) is 0.751. The zero-order valence-electron chi connectivity index (χ0n) is 11.5. The number of amides is 1. The average Bonchev–Trinajstić information content (AvgIpc) is 2.24. The average molecular weight is 277 g/mol. The first-order valence-electron chi connectivity index (χ1n) is 6.15. The van der Waals surface area contributed by atoms with Crippen molar-refractivity contribution in [1.29, 1.82) is 0 Å². The molecular weight excluding hydrogens is 254 g/mol. The minimum atomic E-state index is -3.20. The van der Waals surface area contributed by atoms with Gasteiger partial charge in [0, 0.05) is 25.7 Å². The lowest BCUT2D eigenvalue weighted by molar-refractivity contribution is -0.135. The van der Waals surface area contributed by atoms with Crippen molar-refractivity contribution in [2.75, 3.05) is 25.9 Å². The Balaban J connectivity index is 2.70. The van der Waals surface area contributed by atoms with E-state index in [2.05, 4.69) is 0 Å². The molecule has 7 heteroatoms. The molecule has 1 aliphatic rings. The molecule has 1 fully saturated rings. The predicted octanol–water partition coefficient (Wildman–Crippen LogP) is -0.538. The molecule has 0 aromatic rings. The van der Waals surface area contributed by atoms with E-state index in [1.165, 1.54) is 10.6 Å². The second-order valence-corrected chi connectivity index (χ2v) is 7.21. The number of nitrogens with zero attached hydrogens (tertiary/aromatic N) is 2. The van der Waals surface area contributed by atoms with Crippen LogP contribution < -0.4 is 5.73 Å². The molecule has 0 unspecified atom stereocenters. The molecule has 0 aromatic heterocycles. The highest BCUT2D eigenvalue weighted by Gasteiger charge is 2.33. The van der Waals surface area contributed by atoms with E-state index < -0.39 is 16.1 Å². The maximum Gasteiger partial charge on any atom is 0.239 e. The topological polar surface area (TPSA) is 83.7 Å². The molecular formula is C11H23N3O3S. The van der Waals surface area contributed by atoms with Crippen LogP contribution in [0.15, 0.2) is 0 Å². The summed E-state index contributed by atoms with van der Waals surface area (Å²) in [6.45, 7) is 6.78. The third-order valence-corrected chi connectivity index (χ3v) is 4.70. The van der Waals surface area contributed by atoms with Crippen LogP contribution in [0.1, 0.15) is 20.8 Å². The molecule has 2 atom stereocenters. The third-order valence-electron chi connectivity index (χ3n) is 3.31. The van der Waals surface area contributed by atoms with Gasteiger partial charge < -0.3 is 10.6 Å². The minimum Gasteiger partial charge on any atom is -0.338 e. The molecule has 0 aromatic carbocycles. The van der Waals surface area contributed by atoms with Crippen molar-refractivity contribution in [3.63, 3.8) is 0 Å². The summed E-state index contributed by atoms with van der Waals surface area (Å²) < 4.78 is 24.5. The molecule has 1 heterocycles. The van der Waals surface area contributed by atoms with Crippen molar-refractivity contribution in [3.05, 3.63) is 0 Å². The van der Waals surface area contributed by atoms with Gasteiger partial charge in [-0.1, -0.05) is 13.8 Å². The van der Waals surface area contributed by atoms with Crippen LogP contribution in [-0.4, -0.2) is 61.5 Å². The molecule has 1 rings (SSSR count). The fourth-order valence-corrected chi connectivity index (χ4v) is 3.26. The van der Waals surface area contributed by atoms with E-state index in [9.17, 15) is 13.2 Å². The molecule has 1 aliphatic heterocycles. The zero-order valence-corrected chi connectivity index (χ0v) is 12.3. The maximum absolute atomic E-state index is 12.1. The first kappa shape index (κ1) is 15.4. The Morgan fingerprint density at radius 1 is 1.33 bits per heavy atom.